The summed E-state index contributed by atoms with van der Waals surface area (Å²) in [7, 11) is 0. The van der Waals surface area contributed by atoms with Crippen LogP contribution in [0.15, 0.2) is 24.4 Å². The van der Waals surface area contributed by atoms with E-state index in [4.69, 9.17) is 9.97 Å². The Balaban J connectivity index is 1.59. The van der Waals surface area contributed by atoms with Crippen LogP contribution >= 0.6 is 0 Å². The molecule has 0 bridgehead atoms. The van der Waals surface area contributed by atoms with E-state index >= 15 is 0 Å². The number of anilines is 1. The SMILES string of the molecule is CC(C)Cc1nc2cnc(NCc3ccc(F)c(F)c3)nc2n1C[C@@H]1CCCNC1. The van der Waals surface area contributed by atoms with Gasteiger partial charge in [-0.05, 0) is 55.5 Å². The summed E-state index contributed by atoms with van der Waals surface area (Å²) in [5.41, 5.74) is 2.23. The molecular weight excluding hydrogens is 386 g/mol. The van der Waals surface area contributed by atoms with E-state index in [9.17, 15) is 8.78 Å². The second-order valence-electron chi connectivity index (χ2n) is 8.45. The van der Waals surface area contributed by atoms with Crippen molar-refractivity contribution in [3.8, 4) is 0 Å². The number of imidazole rings is 1. The van der Waals surface area contributed by atoms with Crippen LogP contribution in [-0.4, -0.2) is 32.6 Å². The number of benzene rings is 1. The Bertz CT molecular complexity index is 1010. The van der Waals surface area contributed by atoms with Crippen LogP contribution in [0.4, 0.5) is 14.7 Å². The number of nitrogens with one attached hydrogen (secondary N) is 2. The monoisotopic (exact) mass is 414 g/mol. The van der Waals surface area contributed by atoms with Crippen molar-refractivity contribution in [1.82, 2.24) is 24.8 Å². The molecular formula is C22H28F2N6. The molecule has 0 saturated carbocycles. The van der Waals surface area contributed by atoms with Crippen LogP contribution in [0.3, 0.4) is 0 Å². The van der Waals surface area contributed by atoms with Gasteiger partial charge in [-0.3, -0.25) is 0 Å². The van der Waals surface area contributed by atoms with Crippen LogP contribution < -0.4 is 10.6 Å². The second kappa shape index (κ2) is 9.04. The van der Waals surface area contributed by atoms with Gasteiger partial charge in [-0.2, -0.15) is 4.98 Å². The van der Waals surface area contributed by atoms with Crippen molar-refractivity contribution >= 4 is 17.1 Å². The van der Waals surface area contributed by atoms with Crippen LogP contribution in [0.2, 0.25) is 0 Å². The quantitative estimate of drug-likeness (QED) is 0.614. The maximum absolute atomic E-state index is 13.4. The Hall–Kier alpha value is -2.61. The number of fused-ring (bicyclic) bond motifs is 1. The van der Waals surface area contributed by atoms with Crippen molar-refractivity contribution < 1.29 is 8.78 Å². The summed E-state index contributed by atoms with van der Waals surface area (Å²) >= 11 is 0. The molecule has 0 radical (unpaired) electrons. The van der Waals surface area contributed by atoms with Gasteiger partial charge in [0, 0.05) is 19.5 Å². The fourth-order valence-electron chi connectivity index (χ4n) is 3.93. The molecule has 0 spiro atoms. The molecule has 1 aliphatic rings. The van der Waals surface area contributed by atoms with Gasteiger partial charge >= 0.3 is 0 Å². The molecule has 1 fully saturated rings. The molecule has 1 aromatic carbocycles. The lowest BCUT2D eigenvalue weighted by Gasteiger charge is -2.24. The molecule has 30 heavy (non-hydrogen) atoms. The Kier molecular flexibility index (Phi) is 6.22. The molecule has 0 amide bonds. The standard InChI is InChI=1S/C22H28F2N6/c1-14(2)8-20-28-19-12-27-22(26-11-15-5-6-17(23)18(24)9-15)29-21(19)30(20)13-16-4-3-7-25-10-16/h5-6,9,12,14,16,25H,3-4,7-8,10-11,13H2,1-2H3,(H,26,27,29)/t16-/m1/s1. The number of hydrogen-bond acceptors (Lipinski definition) is 5. The van der Waals surface area contributed by atoms with E-state index < -0.39 is 11.6 Å². The van der Waals surface area contributed by atoms with Crippen molar-refractivity contribution in [1.29, 1.82) is 0 Å². The van der Waals surface area contributed by atoms with Gasteiger partial charge in [0.25, 0.3) is 0 Å². The van der Waals surface area contributed by atoms with Gasteiger partial charge in [-0.15, -0.1) is 0 Å². The number of aromatic nitrogens is 4. The van der Waals surface area contributed by atoms with Gasteiger partial charge in [0.05, 0.1) is 6.20 Å². The largest absolute Gasteiger partial charge is 0.350 e. The summed E-state index contributed by atoms with van der Waals surface area (Å²) in [4.78, 5) is 13.9. The maximum Gasteiger partial charge on any atom is 0.225 e. The van der Waals surface area contributed by atoms with Crippen molar-refractivity contribution in [3.05, 3.63) is 47.4 Å². The van der Waals surface area contributed by atoms with E-state index in [0.29, 0.717) is 29.9 Å². The molecule has 2 aromatic heterocycles. The Morgan fingerprint density at radius 1 is 1.23 bits per heavy atom. The third-order valence-corrected chi connectivity index (χ3v) is 5.43. The minimum atomic E-state index is -0.858. The van der Waals surface area contributed by atoms with Crippen LogP contribution in [-0.2, 0) is 19.5 Å². The van der Waals surface area contributed by atoms with E-state index in [1.54, 1.807) is 12.3 Å². The van der Waals surface area contributed by atoms with Gasteiger partial charge in [0.2, 0.25) is 5.95 Å². The van der Waals surface area contributed by atoms with Crippen LogP contribution in [0.5, 0.6) is 0 Å². The van der Waals surface area contributed by atoms with E-state index in [1.807, 2.05) is 0 Å². The minimum absolute atomic E-state index is 0.308. The van der Waals surface area contributed by atoms with Gasteiger partial charge in [-0.25, -0.2) is 18.7 Å². The number of rotatable bonds is 7. The zero-order valence-electron chi connectivity index (χ0n) is 17.5. The Morgan fingerprint density at radius 2 is 2.10 bits per heavy atom. The predicted octanol–water partition coefficient (Wildman–Crippen LogP) is 3.91. The molecule has 0 unspecified atom stereocenters. The van der Waals surface area contributed by atoms with E-state index in [1.165, 1.54) is 18.9 Å². The summed E-state index contributed by atoms with van der Waals surface area (Å²) in [6, 6.07) is 3.86. The fraction of sp³-hybridized carbons (Fsp3) is 0.500. The molecule has 160 valence electrons. The molecule has 0 aliphatic carbocycles. The molecule has 1 atom stereocenters. The zero-order valence-corrected chi connectivity index (χ0v) is 17.5. The van der Waals surface area contributed by atoms with Crippen LogP contribution in [0, 0.1) is 23.5 Å². The number of hydrogen-bond donors (Lipinski definition) is 2. The summed E-state index contributed by atoms with van der Waals surface area (Å²) in [6.45, 7) is 7.65. The van der Waals surface area contributed by atoms with E-state index in [0.717, 1.165) is 49.1 Å². The van der Waals surface area contributed by atoms with Crippen LogP contribution in [0.25, 0.3) is 11.2 Å². The molecule has 8 heteroatoms. The lowest BCUT2D eigenvalue weighted by molar-refractivity contribution is 0.335. The first-order valence-electron chi connectivity index (χ1n) is 10.6. The highest BCUT2D eigenvalue weighted by Crippen LogP contribution is 2.22. The number of halogens is 2. The first kappa shape index (κ1) is 20.7. The molecule has 3 aromatic rings. The summed E-state index contributed by atoms with van der Waals surface area (Å²) in [5, 5.41) is 6.59. The third kappa shape index (κ3) is 4.75. The third-order valence-electron chi connectivity index (χ3n) is 5.43. The minimum Gasteiger partial charge on any atom is -0.350 e. The van der Waals surface area contributed by atoms with Gasteiger partial charge in [0.15, 0.2) is 17.3 Å². The summed E-state index contributed by atoms with van der Waals surface area (Å²) < 4.78 is 28.8. The van der Waals surface area contributed by atoms with E-state index in [-0.39, 0.29) is 0 Å². The lowest BCUT2D eigenvalue weighted by atomic mass is 9.99. The van der Waals surface area contributed by atoms with Crippen molar-refractivity contribution in [2.45, 2.75) is 46.2 Å². The molecule has 4 rings (SSSR count). The van der Waals surface area contributed by atoms with Crippen molar-refractivity contribution in [2.75, 3.05) is 18.4 Å². The molecule has 6 nitrogen and oxygen atoms in total. The first-order chi connectivity index (χ1) is 14.5. The smallest absolute Gasteiger partial charge is 0.225 e. The van der Waals surface area contributed by atoms with E-state index in [2.05, 4.69) is 34.0 Å². The average Bonchev–Trinajstić information content (AvgIpc) is 3.05. The first-order valence-corrected chi connectivity index (χ1v) is 10.6. The highest BCUT2D eigenvalue weighted by atomic mass is 19.2. The fourth-order valence-corrected chi connectivity index (χ4v) is 3.93. The average molecular weight is 415 g/mol. The molecule has 2 N–H and O–H groups in total. The Labute approximate surface area is 175 Å². The van der Waals surface area contributed by atoms with Crippen molar-refractivity contribution in [3.63, 3.8) is 0 Å². The zero-order chi connectivity index (χ0) is 21.1. The highest BCUT2D eigenvalue weighted by molar-refractivity contribution is 5.72. The highest BCUT2D eigenvalue weighted by Gasteiger charge is 2.20. The van der Waals surface area contributed by atoms with Gasteiger partial charge in [0.1, 0.15) is 11.3 Å². The molecule has 3 heterocycles. The number of piperidine rings is 1. The topological polar surface area (TPSA) is 67.7 Å². The van der Waals surface area contributed by atoms with Gasteiger partial charge < -0.3 is 15.2 Å². The number of nitrogens with zero attached hydrogens (tertiary/aromatic N) is 4. The van der Waals surface area contributed by atoms with Crippen LogP contribution in [0.1, 0.15) is 38.1 Å². The second-order valence-corrected chi connectivity index (χ2v) is 8.45. The summed E-state index contributed by atoms with van der Waals surface area (Å²) in [5.74, 6) is 0.821. The summed E-state index contributed by atoms with van der Waals surface area (Å²) in [6.07, 6.45) is 5.00. The molecule has 1 aliphatic heterocycles. The normalized spacial score (nSPS) is 17.0. The maximum atomic E-state index is 13.4. The lowest BCUT2D eigenvalue weighted by Crippen LogP contribution is -2.32. The Morgan fingerprint density at radius 3 is 2.83 bits per heavy atom. The van der Waals surface area contributed by atoms with Crippen molar-refractivity contribution in [2.24, 2.45) is 11.8 Å². The molecule has 1 saturated heterocycles. The van der Waals surface area contributed by atoms with Gasteiger partial charge in [-0.1, -0.05) is 19.9 Å². The predicted molar refractivity (Wildman–Crippen MR) is 113 cm³/mol.